The van der Waals surface area contributed by atoms with E-state index in [1.165, 1.54) is 44.9 Å². The molecule has 0 rings (SSSR count). The Morgan fingerprint density at radius 2 is 1.40 bits per heavy atom. The molecule has 120 valence electrons. The molecule has 0 unspecified atom stereocenters. The van der Waals surface area contributed by atoms with Gasteiger partial charge in [-0.1, -0.05) is 72.6 Å². The second-order valence-electron chi connectivity index (χ2n) is 7.11. The van der Waals surface area contributed by atoms with E-state index in [-0.39, 0.29) is 5.97 Å². The molecule has 2 heteroatoms. The van der Waals surface area contributed by atoms with Crippen LogP contribution in [0.2, 0.25) is 0 Å². The van der Waals surface area contributed by atoms with Crippen molar-refractivity contribution in [1.82, 2.24) is 0 Å². The SMILES string of the molecule is CCCCCCCCCCOC(=O)CCCC(C)(C)C. The molecule has 0 spiro atoms. The number of rotatable bonds is 12. The Labute approximate surface area is 126 Å². The molecule has 0 amide bonds. The molecule has 0 aromatic carbocycles. The van der Waals surface area contributed by atoms with E-state index in [9.17, 15) is 4.79 Å². The van der Waals surface area contributed by atoms with Gasteiger partial charge in [-0.3, -0.25) is 4.79 Å². The van der Waals surface area contributed by atoms with Crippen molar-refractivity contribution in [2.75, 3.05) is 6.61 Å². The van der Waals surface area contributed by atoms with E-state index in [4.69, 9.17) is 4.74 Å². The minimum Gasteiger partial charge on any atom is -0.466 e. The van der Waals surface area contributed by atoms with Crippen LogP contribution in [0.25, 0.3) is 0 Å². The van der Waals surface area contributed by atoms with Crippen molar-refractivity contribution in [3.8, 4) is 0 Å². The summed E-state index contributed by atoms with van der Waals surface area (Å²) >= 11 is 0. The average molecular weight is 284 g/mol. The molecule has 0 fully saturated rings. The van der Waals surface area contributed by atoms with Crippen LogP contribution in [-0.4, -0.2) is 12.6 Å². The standard InChI is InChI=1S/C18H36O2/c1-5-6-7-8-9-10-11-12-16-20-17(19)14-13-15-18(2,3)4/h5-16H2,1-4H3. The second kappa shape index (κ2) is 12.2. The van der Waals surface area contributed by atoms with Crippen LogP contribution >= 0.6 is 0 Å². The van der Waals surface area contributed by atoms with Gasteiger partial charge in [0.2, 0.25) is 0 Å². The number of ether oxygens (including phenoxy) is 1. The van der Waals surface area contributed by atoms with Gasteiger partial charge >= 0.3 is 5.97 Å². The van der Waals surface area contributed by atoms with E-state index >= 15 is 0 Å². The average Bonchev–Trinajstić information content (AvgIpc) is 2.35. The fourth-order valence-corrected chi connectivity index (χ4v) is 2.26. The summed E-state index contributed by atoms with van der Waals surface area (Å²) < 4.78 is 5.26. The Morgan fingerprint density at radius 3 is 1.95 bits per heavy atom. The zero-order valence-electron chi connectivity index (χ0n) is 14.3. The number of unbranched alkanes of at least 4 members (excludes halogenated alkanes) is 7. The van der Waals surface area contributed by atoms with Crippen LogP contribution in [0.4, 0.5) is 0 Å². The van der Waals surface area contributed by atoms with Gasteiger partial charge in [0.05, 0.1) is 6.61 Å². The van der Waals surface area contributed by atoms with Crippen molar-refractivity contribution >= 4 is 5.97 Å². The predicted octanol–water partition coefficient (Wildman–Crippen LogP) is 5.89. The van der Waals surface area contributed by atoms with Crippen molar-refractivity contribution in [3.05, 3.63) is 0 Å². The fourth-order valence-electron chi connectivity index (χ4n) is 2.26. The molecule has 0 aromatic rings. The zero-order chi connectivity index (χ0) is 15.3. The highest BCUT2D eigenvalue weighted by atomic mass is 16.5. The van der Waals surface area contributed by atoms with Crippen LogP contribution in [0.15, 0.2) is 0 Å². The number of carbonyl (C=O) groups excluding carboxylic acids is 1. The topological polar surface area (TPSA) is 26.3 Å². The molecule has 0 heterocycles. The first-order chi connectivity index (χ1) is 9.45. The van der Waals surface area contributed by atoms with E-state index in [1.807, 2.05) is 0 Å². The minimum atomic E-state index is -0.0165. The first kappa shape index (κ1) is 19.5. The molecule has 0 radical (unpaired) electrons. The molecule has 0 saturated heterocycles. The van der Waals surface area contributed by atoms with Gasteiger partial charge in [0, 0.05) is 6.42 Å². The van der Waals surface area contributed by atoms with Gasteiger partial charge in [-0.25, -0.2) is 0 Å². The number of hydrogen-bond acceptors (Lipinski definition) is 2. The van der Waals surface area contributed by atoms with Crippen LogP contribution in [0.1, 0.15) is 98.3 Å². The van der Waals surface area contributed by atoms with E-state index in [2.05, 4.69) is 27.7 Å². The molecular weight excluding hydrogens is 248 g/mol. The maximum absolute atomic E-state index is 11.5. The smallest absolute Gasteiger partial charge is 0.305 e. The number of esters is 1. The van der Waals surface area contributed by atoms with E-state index in [1.54, 1.807) is 0 Å². The molecule has 0 aromatic heterocycles. The molecule has 20 heavy (non-hydrogen) atoms. The van der Waals surface area contributed by atoms with Gasteiger partial charge in [0.15, 0.2) is 0 Å². The van der Waals surface area contributed by atoms with Gasteiger partial charge in [0.1, 0.15) is 0 Å². The molecular formula is C18H36O2. The Balaban J connectivity index is 3.23. The number of hydrogen-bond donors (Lipinski definition) is 0. The van der Waals surface area contributed by atoms with Crippen LogP contribution in [0.3, 0.4) is 0 Å². The molecule has 0 bridgehead atoms. The molecule has 0 N–H and O–H groups in total. The minimum absolute atomic E-state index is 0.0165. The van der Waals surface area contributed by atoms with Crippen LogP contribution in [0.5, 0.6) is 0 Å². The Bertz CT molecular complexity index is 228. The summed E-state index contributed by atoms with van der Waals surface area (Å²) in [6, 6.07) is 0. The first-order valence-electron chi connectivity index (χ1n) is 8.61. The molecule has 0 aliphatic rings. The normalized spacial score (nSPS) is 11.6. The van der Waals surface area contributed by atoms with Crippen molar-refractivity contribution in [2.45, 2.75) is 98.3 Å². The van der Waals surface area contributed by atoms with Crippen LogP contribution in [-0.2, 0) is 9.53 Å². The van der Waals surface area contributed by atoms with E-state index in [0.29, 0.717) is 18.4 Å². The van der Waals surface area contributed by atoms with Gasteiger partial charge in [-0.15, -0.1) is 0 Å². The molecule has 0 aliphatic carbocycles. The lowest BCUT2D eigenvalue weighted by molar-refractivity contribution is -0.144. The lowest BCUT2D eigenvalue weighted by Gasteiger charge is -2.17. The van der Waals surface area contributed by atoms with Gasteiger partial charge in [-0.05, 0) is 24.7 Å². The summed E-state index contributed by atoms with van der Waals surface area (Å²) in [5.74, 6) is -0.0165. The molecule has 2 nitrogen and oxygen atoms in total. The second-order valence-corrected chi connectivity index (χ2v) is 7.11. The van der Waals surface area contributed by atoms with E-state index < -0.39 is 0 Å². The molecule has 0 saturated carbocycles. The Morgan fingerprint density at radius 1 is 0.850 bits per heavy atom. The summed E-state index contributed by atoms with van der Waals surface area (Å²) in [7, 11) is 0. The summed E-state index contributed by atoms with van der Waals surface area (Å²) in [6.07, 6.45) is 12.9. The highest BCUT2D eigenvalue weighted by Gasteiger charge is 2.11. The summed E-state index contributed by atoms with van der Waals surface area (Å²) in [6.45, 7) is 9.48. The Kier molecular flexibility index (Phi) is 11.9. The first-order valence-corrected chi connectivity index (χ1v) is 8.61. The summed E-state index contributed by atoms with van der Waals surface area (Å²) in [4.78, 5) is 11.5. The third-order valence-corrected chi connectivity index (χ3v) is 3.57. The lowest BCUT2D eigenvalue weighted by atomic mass is 9.90. The van der Waals surface area contributed by atoms with Gasteiger partial charge in [0.25, 0.3) is 0 Å². The van der Waals surface area contributed by atoms with Crippen LogP contribution in [0, 0.1) is 5.41 Å². The van der Waals surface area contributed by atoms with Crippen molar-refractivity contribution in [3.63, 3.8) is 0 Å². The maximum Gasteiger partial charge on any atom is 0.305 e. The quantitative estimate of drug-likeness (QED) is 0.330. The summed E-state index contributed by atoms with van der Waals surface area (Å²) in [5.41, 5.74) is 0.318. The number of carbonyl (C=O) groups is 1. The van der Waals surface area contributed by atoms with Crippen molar-refractivity contribution < 1.29 is 9.53 Å². The fraction of sp³-hybridized carbons (Fsp3) is 0.944. The van der Waals surface area contributed by atoms with Crippen molar-refractivity contribution in [1.29, 1.82) is 0 Å². The third-order valence-electron chi connectivity index (χ3n) is 3.57. The maximum atomic E-state index is 11.5. The largest absolute Gasteiger partial charge is 0.466 e. The van der Waals surface area contributed by atoms with Gasteiger partial charge < -0.3 is 4.74 Å². The predicted molar refractivity (Wildman–Crippen MR) is 86.9 cm³/mol. The highest BCUT2D eigenvalue weighted by Crippen LogP contribution is 2.21. The zero-order valence-corrected chi connectivity index (χ0v) is 14.3. The van der Waals surface area contributed by atoms with Gasteiger partial charge in [-0.2, -0.15) is 0 Å². The van der Waals surface area contributed by atoms with E-state index in [0.717, 1.165) is 19.3 Å². The third kappa shape index (κ3) is 15.5. The van der Waals surface area contributed by atoms with Crippen molar-refractivity contribution in [2.24, 2.45) is 5.41 Å². The molecule has 0 aliphatic heterocycles. The Hall–Kier alpha value is -0.530. The summed E-state index contributed by atoms with van der Waals surface area (Å²) in [5, 5.41) is 0. The monoisotopic (exact) mass is 284 g/mol. The highest BCUT2D eigenvalue weighted by molar-refractivity contribution is 5.69. The van der Waals surface area contributed by atoms with Crippen LogP contribution < -0.4 is 0 Å². The molecule has 0 atom stereocenters. The lowest BCUT2D eigenvalue weighted by Crippen LogP contribution is -2.09.